The maximum atomic E-state index is 12.5. The van der Waals surface area contributed by atoms with Gasteiger partial charge in [0.25, 0.3) is 5.56 Å². The molecule has 7 nitrogen and oxygen atoms in total. The van der Waals surface area contributed by atoms with E-state index in [0.29, 0.717) is 31.0 Å². The minimum absolute atomic E-state index is 0.0374. The molecule has 2 aromatic heterocycles. The van der Waals surface area contributed by atoms with Crippen LogP contribution in [0.1, 0.15) is 24.4 Å². The van der Waals surface area contributed by atoms with Gasteiger partial charge in [-0.3, -0.25) is 9.59 Å². The normalized spacial score (nSPS) is 17.3. The molecule has 25 heavy (non-hydrogen) atoms. The Balaban J connectivity index is 1.51. The van der Waals surface area contributed by atoms with Crippen LogP contribution in [-0.4, -0.2) is 40.5 Å². The summed E-state index contributed by atoms with van der Waals surface area (Å²) in [6, 6.07) is 7.30. The molecule has 3 heterocycles. The van der Waals surface area contributed by atoms with E-state index < -0.39 is 0 Å². The standard InChI is InChI=1S/C18H23N5O2/c1-13-21-15(11-17(24)22-13)7-9-20-18(25)14-5-4-10-23(12-14)16-6-2-3-8-19-16/h2-3,6,8,11,14H,4-5,7,9-10,12H2,1H3,(H,20,25)(H,21,22,24)/t14-/m0/s1. The summed E-state index contributed by atoms with van der Waals surface area (Å²) in [5.74, 6) is 1.53. The van der Waals surface area contributed by atoms with Gasteiger partial charge in [-0.1, -0.05) is 6.07 Å². The molecule has 1 saturated heterocycles. The number of aromatic amines is 1. The third-order valence-corrected chi connectivity index (χ3v) is 4.36. The maximum Gasteiger partial charge on any atom is 0.251 e. The molecule has 3 rings (SSSR count). The Morgan fingerprint density at radius 1 is 1.44 bits per heavy atom. The van der Waals surface area contributed by atoms with Gasteiger partial charge in [0.05, 0.1) is 5.92 Å². The SMILES string of the molecule is Cc1nc(CCNC(=O)[C@H]2CCCN(c3ccccn3)C2)cc(=O)[nH]1. The number of anilines is 1. The molecule has 0 aliphatic carbocycles. The average molecular weight is 341 g/mol. The first-order valence-electron chi connectivity index (χ1n) is 8.62. The fourth-order valence-electron chi connectivity index (χ4n) is 3.17. The number of hydrogen-bond donors (Lipinski definition) is 2. The molecule has 1 aliphatic heterocycles. The molecule has 1 aliphatic rings. The van der Waals surface area contributed by atoms with E-state index >= 15 is 0 Å². The number of amides is 1. The highest BCUT2D eigenvalue weighted by molar-refractivity contribution is 5.79. The van der Waals surface area contributed by atoms with Gasteiger partial charge in [0.15, 0.2) is 0 Å². The third kappa shape index (κ3) is 4.65. The van der Waals surface area contributed by atoms with Gasteiger partial charge in [-0.25, -0.2) is 9.97 Å². The van der Waals surface area contributed by atoms with E-state index in [1.54, 1.807) is 13.1 Å². The highest BCUT2D eigenvalue weighted by Crippen LogP contribution is 2.21. The lowest BCUT2D eigenvalue weighted by Crippen LogP contribution is -2.43. The molecule has 2 N–H and O–H groups in total. The fraction of sp³-hybridized carbons (Fsp3) is 0.444. The molecule has 7 heteroatoms. The van der Waals surface area contributed by atoms with Crippen LogP contribution in [-0.2, 0) is 11.2 Å². The van der Waals surface area contributed by atoms with E-state index in [0.717, 1.165) is 25.2 Å². The Labute approximate surface area is 146 Å². The van der Waals surface area contributed by atoms with E-state index in [1.165, 1.54) is 6.07 Å². The second-order valence-corrected chi connectivity index (χ2v) is 6.34. The molecule has 2 aromatic rings. The number of carbonyl (C=O) groups is 1. The molecule has 0 radical (unpaired) electrons. The number of carbonyl (C=O) groups excluding carboxylic acids is 1. The second-order valence-electron chi connectivity index (χ2n) is 6.34. The second kappa shape index (κ2) is 7.92. The lowest BCUT2D eigenvalue weighted by atomic mass is 9.97. The first-order chi connectivity index (χ1) is 12.1. The van der Waals surface area contributed by atoms with E-state index in [9.17, 15) is 9.59 Å². The Hall–Kier alpha value is -2.70. The van der Waals surface area contributed by atoms with Crippen molar-refractivity contribution in [1.29, 1.82) is 0 Å². The van der Waals surface area contributed by atoms with Crippen molar-refractivity contribution in [2.45, 2.75) is 26.2 Å². The van der Waals surface area contributed by atoms with Crippen molar-refractivity contribution < 1.29 is 4.79 Å². The summed E-state index contributed by atoms with van der Waals surface area (Å²) in [6.45, 7) is 3.84. The summed E-state index contributed by atoms with van der Waals surface area (Å²) in [5, 5.41) is 2.97. The molecule has 132 valence electrons. The molecule has 1 atom stereocenters. The molecule has 0 saturated carbocycles. The van der Waals surface area contributed by atoms with Crippen molar-refractivity contribution in [3.05, 3.63) is 52.3 Å². The van der Waals surface area contributed by atoms with Crippen molar-refractivity contribution in [2.24, 2.45) is 5.92 Å². The lowest BCUT2D eigenvalue weighted by molar-refractivity contribution is -0.125. The van der Waals surface area contributed by atoms with E-state index in [-0.39, 0.29) is 17.4 Å². The number of nitrogens with zero attached hydrogens (tertiary/aromatic N) is 3. The third-order valence-electron chi connectivity index (χ3n) is 4.36. The highest BCUT2D eigenvalue weighted by atomic mass is 16.2. The number of aryl methyl sites for hydroxylation is 1. The molecule has 0 bridgehead atoms. The van der Waals surface area contributed by atoms with Crippen LogP contribution in [0, 0.1) is 12.8 Å². The van der Waals surface area contributed by atoms with Crippen molar-refractivity contribution in [3.8, 4) is 0 Å². The Kier molecular flexibility index (Phi) is 5.42. The summed E-state index contributed by atoms with van der Waals surface area (Å²) in [4.78, 5) is 37.3. The van der Waals surface area contributed by atoms with E-state index in [2.05, 4.69) is 25.2 Å². The van der Waals surface area contributed by atoms with Crippen LogP contribution >= 0.6 is 0 Å². The van der Waals surface area contributed by atoms with Gasteiger partial charge >= 0.3 is 0 Å². The Bertz CT molecular complexity index is 775. The topological polar surface area (TPSA) is 91.0 Å². The summed E-state index contributed by atoms with van der Waals surface area (Å²) in [7, 11) is 0. The number of pyridine rings is 1. The molecule has 0 unspecified atom stereocenters. The first kappa shape index (κ1) is 17.1. The Morgan fingerprint density at radius 3 is 3.08 bits per heavy atom. The largest absolute Gasteiger partial charge is 0.356 e. The minimum Gasteiger partial charge on any atom is -0.356 e. The molecule has 1 fully saturated rings. The number of nitrogens with one attached hydrogen (secondary N) is 2. The van der Waals surface area contributed by atoms with Crippen LogP contribution in [0.15, 0.2) is 35.3 Å². The number of aromatic nitrogens is 3. The van der Waals surface area contributed by atoms with Crippen LogP contribution in [0.3, 0.4) is 0 Å². The van der Waals surface area contributed by atoms with Crippen LogP contribution in [0.2, 0.25) is 0 Å². The van der Waals surface area contributed by atoms with E-state index in [1.807, 2.05) is 18.2 Å². The number of rotatable bonds is 5. The van der Waals surface area contributed by atoms with Crippen LogP contribution in [0.25, 0.3) is 0 Å². The molecular weight excluding hydrogens is 318 g/mol. The van der Waals surface area contributed by atoms with Crippen LogP contribution < -0.4 is 15.8 Å². The van der Waals surface area contributed by atoms with Gasteiger partial charge in [-0.15, -0.1) is 0 Å². The highest BCUT2D eigenvalue weighted by Gasteiger charge is 2.26. The number of H-pyrrole nitrogens is 1. The van der Waals surface area contributed by atoms with Crippen molar-refractivity contribution in [3.63, 3.8) is 0 Å². The molecule has 0 spiro atoms. The molecule has 1 amide bonds. The predicted molar refractivity (Wildman–Crippen MR) is 95.5 cm³/mol. The zero-order valence-corrected chi connectivity index (χ0v) is 14.4. The monoisotopic (exact) mass is 341 g/mol. The molecular formula is C18H23N5O2. The Morgan fingerprint density at radius 2 is 2.32 bits per heavy atom. The van der Waals surface area contributed by atoms with Gasteiger partial charge in [0.1, 0.15) is 11.6 Å². The van der Waals surface area contributed by atoms with Gasteiger partial charge in [-0.05, 0) is 31.9 Å². The summed E-state index contributed by atoms with van der Waals surface area (Å²) in [6.07, 6.45) is 4.18. The van der Waals surface area contributed by atoms with Gasteiger partial charge in [0, 0.05) is 44.0 Å². The first-order valence-corrected chi connectivity index (χ1v) is 8.62. The summed E-state index contributed by atoms with van der Waals surface area (Å²) >= 11 is 0. The number of hydrogen-bond acceptors (Lipinski definition) is 5. The molecule has 0 aromatic carbocycles. The van der Waals surface area contributed by atoms with Gasteiger partial charge in [-0.2, -0.15) is 0 Å². The number of piperidine rings is 1. The quantitative estimate of drug-likeness (QED) is 0.848. The van der Waals surface area contributed by atoms with Crippen molar-refractivity contribution >= 4 is 11.7 Å². The lowest BCUT2D eigenvalue weighted by Gasteiger charge is -2.32. The minimum atomic E-state index is -0.160. The fourth-order valence-corrected chi connectivity index (χ4v) is 3.17. The zero-order valence-electron chi connectivity index (χ0n) is 14.4. The van der Waals surface area contributed by atoms with Gasteiger partial charge < -0.3 is 15.2 Å². The smallest absolute Gasteiger partial charge is 0.251 e. The maximum absolute atomic E-state index is 12.5. The van der Waals surface area contributed by atoms with Crippen LogP contribution in [0.5, 0.6) is 0 Å². The van der Waals surface area contributed by atoms with Crippen LogP contribution in [0.4, 0.5) is 5.82 Å². The predicted octanol–water partition coefficient (Wildman–Crippen LogP) is 1.05. The van der Waals surface area contributed by atoms with E-state index in [4.69, 9.17) is 0 Å². The summed E-state index contributed by atoms with van der Waals surface area (Å²) in [5.41, 5.74) is 0.535. The average Bonchev–Trinajstić information content (AvgIpc) is 2.62. The summed E-state index contributed by atoms with van der Waals surface area (Å²) < 4.78 is 0. The van der Waals surface area contributed by atoms with Crippen molar-refractivity contribution in [2.75, 3.05) is 24.5 Å². The van der Waals surface area contributed by atoms with Crippen molar-refractivity contribution in [1.82, 2.24) is 20.3 Å². The zero-order chi connectivity index (χ0) is 17.6. The van der Waals surface area contributed by atoms with Gasteiger partial charge in [0.2, 0.25) is 5.91 Å².